The number of hydrogen-bond acceptors (Lipinski definition) is 5. The summed E-state index contributed by atoms with van der Waals surface area (Å²) in [4.78, 5) is 0. The van der Waals surface area contributed by atoms with Gasteiger partial charge in [0.25, 0.3) is 0 Å². The van der Waals surface area contributed by atoms with Crippen molar-refractivity contribution in [2.24, 2.45) is 0 Å². The lowest BCUT2D eigenvalue weighted by Gasteiger charge is -2.07. The molecule has 0 atom stereocenters. The van der Waals surface area contributed by atoms with Gasteiger partial charge in [-0.2, -0.15) is 0 Å². The number of methoxy groups -OCH3 is 1. The molecule has 1 aromatic heterocycles. The predicted molar refractivity (Wildman–Crippen MR) is 65.2 cm³/mol. The molecule has 0 saturated heterocycles. The van der Waals surface area contributed by atoms with E-state index in [1.54, 1.807) is 6.07 Å². The minimum Gasteiger partial charge on any atom is -0.497 e. The summed E-state index contributed by atoms with van der Waals surface area (Å²) in [5, 5.41) is 6.85. The summed E-state index contributed by atoms with van der Waals surface area (Å²) in [5.74, 6) is 0.0874. The van der Waals surface area contributed by atoms with Crippen molar-refractivity contribution in [2.45, 2.75) is 6.54 Å². The molecule has 1 N–H and O–H groups in total. The predicted octanol–water partition coefficient (Wildman–Crippen LogP) is 2.95. The maximum absolute atomic E-state index is 13.2. The third-order valence-electron chi connectivity index (χ3n) is 2.08. The van der Waals surface area contributed by atoms with E-state index in [2.05, 4.69) is 14.9 Å². The Hall–Kier alpha value is -1.40. The Bertz CT molecular complexity index is 520. The lowest BCUT2D eigenvalue weighted by Crippen LogP contribution is -2.01. The number of nitrogens with zero attached hydrogens (tertiary/aromatic N) is 2. The highest BCUT2D eigenvalue weighted by Crippen LogP contribution is 2.22. The molecule has 0 amide bonds. The van der Waals surface area contributed by atoms with E-state index >= 15 is 0 Å². The molecule has 90 valence electrons. The van der Waals surface area contributed by atoms with E-state index in [4.69, 9.17) is 16.3 Å². The molecule has 17 heavy (non-hydrogen) atoms. The molecule has 2 rings (SSSR count). The highest BCUT2D eigenvalue weighted by molar-refractivity contribution is 7.10. The van der Waals surface area contributed by atoms with Gasteiger partial charge in [-0.15, -0.1) is 5.10 Å². The van der Waals surface area contributed by atoms with Gasteiger partial charge >= 0.3 is 0 Å². The molecule has 0 fully saturated rings. The number of benzene rings is 1. The van der Waals surface area contributed by atoms with Gasteiger partial charge < -0.3 is 10.1 Å². The number of aromatic nitrogens is 2. The third kappa shape index (κ3) is 3.04. The van der Waals surface area contributed by atoms with Crippen molar-refractivity contribution in [1.29, 1.82) is 0 Å². The van der Waals surface area contributed by atoms with Crippen molar-refractivity contribution in [1.82, 2.24) is 9.59 Å². The molecule has 0 spiro atoms. The summed E-state index contributed by atoms with van der Waals surface area (Å²) in [6, 6.07) is 4.37. The van der Waals surface area contributed by atoms with Gasteiger partial charge in [-0.05, 0) is 6.07 Å². The molecule has 0 unspecified atom stereocenters. The maximum atomic E-state index is 13.2. The Morgan fingerprint density at radius 2 is 2.29 bits per heavy atom. The van der Waals surface area contributed by atoms with Crippen LogP contribution in [-0.2, 0) is 6.54 Å². The summed E-state index contributed by atoms with van der Waals surface area (Å²) in [6.07, 6.45) is 0. The largest absolute Gasteiger partial charge is 0.497 e. The Balaban J connectivity index is 2.09. The minimum atomic E-state index is -0.366. The smallest absolute Gasteiger partial charge is 0.139 e. The van der Waals surface area contributed by atoms with E-state index in [0.717, 1.165) is 11.5 Å². The van der Waals surface area contributed by atoms with Gasteiger partial charge in [0.1, 0.15) is 21.6 Å². The van der Waals surface area contributed by atoms with Crippen LogP contribution < -0.4 is 10.1 Å². The first-order chi connectivity index (χ1) is 8.19. The zero-order valence-corrected chi connectivity index (χ0v) is 10.5. The Morgan fingerprint density at radius 3 is 2.94 bits per heavy atom. The molecular formula is C10H9ClFN3OS. The van der Waals surface area contributed by atoms with Crippen LogP contribution in [0.25, 0.3) is 0 Å². The van der Waals surface area contributed by atoms with E-state index in [1.165, 1.54) is 19.2 Å². The molecule has 7 heteroatoms. The van der Waals surface area contributed by atoms with E-state index in [0.29, 0.717) is 28.0 Å². The highest BCUT2D eigenvalue weighted by Gasteiger charge is 2.06. The summed E-state index contributed by atoms with van der Waals surface area (Å²) < 4.78 is 22.4. The molecule has 0 aliphatic carbocycles. The van der Waals surface area contributed by atoms with Crippen LogP contribution in [0.1, 0.15) is 5.69 Å². The Morgan fingerprint density at radius 1 is 1.47 bits per heavy atom. The minimum absolute atomic E-state index is 0.366. The van der Waals surface area contributed by atoms with Crippen LogP contribution in [0.2, 0.25) is 4.34 Å². The topological polar surface area (TPSA) is 47.0 Å². The quantitative estimate of drug-likeness (QED) is 0.930. The number of hydrogen-bond donors (Lipinski definition) is 1. The standard InChI is InChI=1S/C10H9ClFN3OS/c1-16-8-3-6(12)2-7(4-8)13-5-9-10(11)17-15-14-9/h2-4,13H,5H2,1H3. The monoisotopic (exact) mass is 273 g/mol. The molecule has 1 aromatic carbocycles. The fraction of sp³-hybridized carbons (Fsp3) is 0.200. The normalized spacial score (nSPS) is 10.3. The van der Waals surface area contributed by atoms with Gasteiger partial charge in [0.2, 0.25) is 0 Å². The number of nitrogens with one attached hydrogen (secondary N) is 1. The summed E-state index contributed by atoms with van der Waals surface area (Å²) >= 11 is 6.97. The number of anilines is 1. The Labute approximate surface area is 107 Å². The van der Waals surface area contributed by atoms with E-state index in [-0.39, 0.29) is 5.82 Å². The van der Waals surface area contributed by atoms with E-state index in [1.807, 2.05) is 0 Å². The summed E-state index contributed by atoms with van der Waals surface area (Å²) in [5.41, 5.74) is 1.24. The molecule has 0 saturated carbocycles. The second-order valence-electron chi connectivity index (χ2n) is 3.23. The average molecular weight is 274 g/mol. The summed E-state index contributed by atoms with van der Waals surface area (Å²) in [6.45, 7) is 0.391. The molecule has 2 aromatic rings. The van der Waals surface area contributed by atoms with Crippen molar-refractivity contribution in [3.05, 3.63) is 34.0 Å². The fourth-order valence-corrected chi connectivity index (χ4v) is 1.90. The fourth-order valence-electron chi connectivity index (χ4n) is 1.27. The number of ether oxygens (including phenoxy) is 1. The third-order valence-corrected chi connectivity index (χ3v) is 3.06. The first-order valence-electron chi connectivity index (χ1n) is 4.74. The average Bonchev–Trinajstić information content (AvgIpc) is 2.71. The van der Waals surface area contributed by atoms with Crippen LogP contribution in [0.4, 0.5) is 10.1 Å². The van der Waals surface area contributed by atoms with Crippen LogP contribution >= 0.6 is 23.1 Å². The zero-order chi connectivity index (χ0) is 12.3. The van der Waals surface area contributed by atoms with Crippen LogP contribution in [0, 0.1) is 5.82 Å². The maximum Gasteiger partial charge on any atom is 0.139 e. The first kappa shape index (κ1) is 12.1. The molecule has 4 nitrogen and oxygen atoms in total. The van der Waals surface area contributed by atoms with Crippen molar-refractivity contribution < 1.29 is 9.13 Å². The first-order valence-corrected chi connectivity index (χ1v) is 5.89. The van der Waals surface area contributed by atoms with Crippen LogP contribution in [-0.4, -0.2) is 16.7 Å². The zero-order valence-electron chi connectivity index (χ0n) is 8.91. The molecule has 0 aliphatic rings. The summed E-state index contributed by atoms with van der Waals surface area (Å²) in [7, 11) is 1.49. The molecule has 0 bridgehead atoms. The Kier molecular flexibility index (Phi) is 3.75. The van der Waals surface area contributed by atoms with Crippen LogP contribution in [0.15, 0.2) is 18.2 Å². The van der Waals surface area contributed by atoms with Gasteiger partial charge in [0, 0.05) is 29.4 Å². The van der Waals surface area contributed by atoms with Gasteiger partial charge in [0.05, 0.1) is 13.7 Å². The second-order valence-corrected chi connectivity index (χ2v) is 4.58. The SMILES string of the molecule is COc1cc(F)cc(NCc2nnsc2Cl)c1. The van der Waals surface area contributed by atoms with Crippen molar-refractivity contribution in [3.8, 4) is 5.75 Å². The van der Waals surface area contributed by atoms with Crippen molar-refractivity contribution >= 4 is 28.8 Å². The van der Waals surface area contributed by atoms with Crippen LogP contribution in [0.5, 0.6) is 5.75 Å². The van der Waals surface area contributed by atoms with Gasteiger partial charge in [-0.3, -0.25) is 0 Å². The number of halogens is 2. The second kappa shape index (κ2) is 5.29. The lowest BCUT2D eigenvalue weighted by molar-refractivity contribution is 0.411. The van der Waals surface area contributed by atoms with Crippen LogP contribution in [0.3, 0.4) is 0 Å². The van der Waals surface area contributed by atoms with Crippen molar-refractivity contribution in [3.63, 3.8) is 0 Å². The van der Waals surface area contributed by atoms with E-state index < -0.39 is 0 Å². The lowest BCUT2D eigenvalue weighted by atomic mass is 10.3. The number of rotatable bonds is 4. The molecular weight excluding hydrogens is 265 g/mol. The van der Waals surface area contributed by atoms with Gasteiger partial charge in [-0.1, -0.05) is 16.1 Å². The van der Waals surface area contributed by atoms with Gasteiger partial charge in [0.15, 0.2) is 0 Å². The van der Waals surface area contributed by atoms with Gasteiger partial charge in [-0.25, -0.2) is 4.39 Å². The van der Waals surface area contributed by atoms with Crippen molar-refractivity contribution in [2.75, 3.05) is 12.4 Å². The highest BCUT2D eigenvalue weighted by atomic mass is 35.5. The molecule has 1 heterocycles. The molecule has 0 radical (unpaired) electrons. The van der Waals surface area contributed by atoms with E-state index in [9.17, 15) is 4.39 Å². The molecule has 0 aliphatic heterocycles.